The van der Waals surface area contributed by atoms with Gasteiger partial charge >= 0.3 is 6.09 Å². The van der Waals surface area contributed by atoms with E-state index in [0.29, 0.717) is 23.7 Å². The molecule has 20 heavy (non-hydrogen) atoms. The molecule has 2 unspecified atom stereocenters. The van der Waals surface area contributed by atoms with E-state index in [-0.39, 0.29) is 12.6 Å². The summed E-state index contributed by atoms with van der Waals surface area (Å²) in [6.45, 7) is 2.56. The van der Waals surface area contributed by atoms with Gasteiger partial charge < -0.3 is 19.8 Å². The number of carbonyl (C=O) groups is 1. The van der Waals surface area contributed by atoms with E-state index in [1.807, 2.05) is 6.92 Å². The van der Waals surface area contributed by atoms with E-state index in [1.165, 1.54) is 16.2 Å². The smallest absolute Gasteiger partial charge is 0.407 e. The Morgan fingerprint density at radius 1 is 1.65 bits per heavy atom. The molecule has 2 N–H and O–H groups in total. The molecule has 2 aliphatic heterocycles. The van der Waals surface area contributed by atoms with Gasteiger partial charge in [-0.2, -0.15) is 0 Å². The van der Waals surface area contributed by atoms with Crippen molar-refractivity contribution in [2.45, 2.75) is 37.5 Å². The average Bonchev–Trinajstić information content (AvgIpc) is 2.78. The van der Waals surface area contributed by atoms with Gasteiger partial charge in [-0.3, -0.25) is 0 Å². The number of aliphatic hydroxyl groups excluding tert-OH is 1. The molecule has 2 aliphatic rings. The Hall–Kier alpha value is -0.820. The minimum Gasteiger partial charge on any atom is -0.465 e. The molecule has 0 bridgehead atoms. The van der Waals surface area contributed by atoms with Crippen LogP contribution in [0.4, 0.5) is 4.79 Å². The van der Waals surface area contributed by atoms with E-state index in [9.17, 15) is 9.90 Å². The van der Waals surface area contributed by atoms with Crippen molar-refractivity contribution in [3.8, 4) is 0 Å². The summed E-state index contributed by atoms with van der Waals surface area (Å²) in [7, 11) is 0. The van der Waals surface area contributed by atoms with Gasteiger partial charge in [0.25, 0.3) is 0 Å². The van der Waals surface area contributed by atoms with Gasteiger partial charge in [0.05, 0.1) is 10.9 Å². The van der Waals surface area contributed by atoms with Crippen LogP contribution in [0.15, 0.2) is 6.07 Å². The molecule has 1 amide bonds. The lowest BCUT2D eigenvalue weighted by Crippen LogP contribution is -2.52. The summed E-state index contributed by atoms with van der Waals surface area (Å²) < 4.78 is 6.57. The van der Waals surface area contributed by atoms with E-state index in [1.54, 1.807) is 6.07 Å². The van der Waals surface area contributed by atoms with E-state index in [2.05, 4.69) is 0 Å². The lowest BCUT2D eigenvalue weighted by atomic mass is 9.82. The largest absolute Gasteiger partial charge is 0.465 e. The van der Waals surface area contributed by atoms with Gasteiger partial charge in [0.2, 0.25) is 0 Å². The van der Waals surface area contributed by atoms with Crippen LogP contribution >= 0.6 is 22.9 Å². The third-order valence-electron chi connectivity index (χ3n) is 4.18. The summed E-state index contributed by atoms with van der Waals surface area (Å²) in [4.78, 5) is 13.6. The third kappa shape index (κ3) is 2.11. The van der Waals surface area contributed by atoms with Crippen molar-refractivity contribution < 1.29 is 19.7 Å². The van der Waals surface area contributed by atoms with Crippen LogP contribution in [0.5, 0.6) is 0 Å². The first-order chi connectivity index (χ1) is 9.43. The van der Waals surface area contributed by atoms with Gasteiger partial charge in [-0.25, -0.2) is 4.79 Å². The van der Waals surface area contributed by atoms with Crippen molar-refractivity contribution >= 4 is 29.0 Å². The predicted molar refractivity (Wildman–Crippen MR) is 75.3 cm³/mol. The van der Waals surface area contributed by atoms with Crippen molar-refractivity contribution in [2.24, 2.45) is 0 Å². The summed E-state index contributed by atoms with van der Waals surface area (Å²) in [5.74, 6) is 0. The van der Waals surface area contributed by atoms with Crippen LogP contribution < -0.4 is 0 Å². The quantitative estimate of drug-likeness (QED) is 0.772. The maximum absolute atomic E-state index is 11.2. The highest BCUT2D eigenvalue weighted by molar-refractivity contribution is 7.16. The number of piperidine rings is 1. The van der Waals surface area contributed by atoms with E-state index in [4.69, 9.17) is 21.4 Å². The van der Waals surface area contributed by atoms with Crippen LogP contribution in [0.3, 0.4) is 0 Å². The molecule has 1 fully saturated rings. The first-order valence-corrected chi connectivity index (χ1v) is 7.74. The number of rotatable bonds is 0. The number of nitrogens with zero attached hydrogens (tertiary/aromatic N) is 1. The van der Waals surface area contributed by atoms with Gasteiger partial charge in [0, 0.05) is 29.4 Å². The molecule has 5 nitrogen and oxygen atoms in total. The predicted octanol–water partition coefficient (Wildman–Crippen LogP) is 2.82. The average molecular weight is 318 g/mol. The highest BCUT2D eigenvalue weighted by Gasteiger charge is 2.47. The molecule has 110 valence electrons. The topological polar surface area (TPSA) is 70.0 Å². The van der Waals surface area contributed by atoms with Crippen LogP contribution in [-0.2, 0) is 10.3 Å². The van der Waals surface area contributed by atoms with Crippen LogP contribution in [0.25, 0.3) is 0 Å². The molecule has 0 saturated carbocycles. The van der Waals surface area contributed by atoms with Crippen molar-refractivity contribution in [1.82, 2.24) is 4.90 Å². The Morgan fingerprint density at radius 3 is 3.05 bits per heavy atom. The van der Waals surface area contributed by atoms with Gasteiger partial charge in [0.1, 0.15) is 11.7 Å². The van der Waals surface area contributed by atoms with Gasteiger partial charge in [-0.15, -0.1) is 11.3 Å². The Labute approximate surface area is 125 Å². The molecular formula is C13H16ClNO4S. The number of halogens is 1. The number of amides is 1. The molecule has 1 spiro atoms. The van der Waals surface area contributed by atoms with Crippen molar-refractivity contribution in [3.05, 3.63) is 20.8 Å². The molecule has 1 saturated heterocycles. The van der Waals surface area contributed by atoms with Crippen LogP contribution in [0, 0.1) is 0 Å². The maximum Gasteiger partial charge on any atom is 0.407 e. The van der Waals surface area contributed by atoms with E-state index < -0.39 is 17.8 Å². The number of ether oxygens (including phenoxy) is 1. The molecule has 0 radical (unpaired) electrons. The second-order valence-corrected chi connectivity index (χ2v) is 7.12. The molecule has 3 heterocycles. The Kier molecular flexibility index (Phi) is 3.44. The summed E-state index contributed by atoms with van der Waals surface area (Å²) in [6, 6.07) is 1.68. The number of carboxylic acid groups (broad SMARTS) is 1. The zero-order chi connectivity index (χ0) is 14.5. The highest BCUT2D eigenvalue weighted by Crippen LogP contribution is 2.50. The number of fused-ring (bicyclic) bond motifs is 2. The lowest BCUT2D eigenvalue weighted by molar-refractivity contribution is -0.134. The number of likely N-dealkylation sites (tertiary alicyclic amines) is 1. The first-order valence-electron chi connectivity index (χ1n) is 6.54. The SMILES string of the molecule is CC1CC2(CCN1C(=O)O)OC[C@H](O)c1cc(Cl)sc12. The van der Waals surface area contributed by atoms with Crippen LogP contribution in [-0.4, -0.2) is 40.4 Å². The lowest BCUT2D eigenvalue weighted by Gasteiger charge is -2.46. The molecule has 3 atom stereocenters. The minimum absolute atomic E-state index is 0.120. The molecule has 7 heteroatoms. The molecule has 3 rings (SSSR count). The maximum atomic E-state index is 11.2. The van der Waals surface area contributed by atoms with Gasteiger partial charge in [-0.1, -0.05) is 11.6 Å². The van der Waals surface area contributed by atoms with Crippen LogP contribution in [0.1, 0.15) is 36.3 Å². The third-order valence-corrected chi connectivity index (χ3v) is 5.65. The molecule has 0 aromatic carbocycles. The fourth-order valence-corrected chi connectivity index (χ4v) is 4.68. The van der Waals surface area contributed by atoms with E-state index >= 15 is 0 Å². The summed E-state index contributed by atoms with van der Waals surface area (Å²) >= 11 is 7.51. The monoisotopic (exact) mass is 317 g/mol. The second kappa shape index (κ2) is 4.87. The summed E-state index contributed by atoms with van der Waals surface area (Å²) in [5, 5.41) is 19.2. The number of thiophene rings is 1. The van der Waals surface area contributed by atoms with Crippen LogP contribution in [0.2, 0.25) is 4.34 Å². The van der Waals surface area contributed by atoms with Crippen molar-refractivity contribution in [2.75, 3.05) is 13.2 Å². The second-order valence-electron chi connectivity index (χ2n) is 5.44. The van der Waals surface area contributed by atoms with Gasteiger partial charge in [-0.05, 0) is 19.4 Å². The standard InChI is InChI=1S/C13H16ClNO4S/c1-7-5-13(2-3-15(7)12(17)18)11-8(4-10(14)20-11)9(16)6-19-13/h4,7,9,16H,2-3,5-6H2,1H3,(H,17,18)/t7?,9-,13?/m0/s1. The van der Waals surface area contributed by atoms with E-state index in [0.717, 1.165) is 10.4 Å². The van der Waals surface area contributed by atoms with Crippen molar-refractivity contribution in [3.63, 3.8) is 0 Å². The fraction of sp³-hybridized carbons (Fsp3) is 0.615. The Balaban J connectivity index is 1.95. The molecule has 0 aliphatic carbocycles. The zero-order valence-corrected chi connectivity index (χ0v) is 12.6. The Morgan fingerprint density at radius 2 is 2.40 bits per heavy atom. The number of aliphatic hydroxyl groups is 1. The Bertz CT molecular complexity index is 548. The fourth-order valence-electron chi connectivity index (χ4n) is 3.20. The molecule has 1 aromatic rings. The molecular weight excluding hydrogens is 302 g/mol. The minimum atomic E-state index is -0.896. The number of hydrogen-bond donors (Lipinski definition) is 2. The number of hydrogen-bond acceptors (Lipinski definition) is 4. The first kappa shape index (κ1) is 14.1. The zero-order valence-electron chi connectivity index (χ0n) is 11.0. The highest BCUT2D eigenvalue weighted by atomic mass is 35.5. The summed E-state index contributed by atoms with van der Waals surface area (Å²) in [6.07, 6.45) is -0.351. The van der Waals surface area contributed by atoms with Crippen molar-refractivity contribution in [1.29, 1.82) is 0 Å². The van der Waals surface area contributed by atoms with Gasteiger partial charge in [0.15, 0.2) is 0 Å². The summed E-state index contributed by atoms with van der Waals surface area (Å²) in [5.41, 5.74) is 0.333. The molecule has 1 aromatic heterocycles. The normalized spacial score (nSPS) is 33.2.